The molecule has 0 unspecified atom stereocenters. The second-order valence-corrected chi connectivity index (χ2v) is 3.76. The summed E-state index contributed by atoms with van der Waals surface area (Å²) < 4.78 is 1.03. The van der Waals surface area contributed by atoms with Crippen molar-refractivity contribution in [3.05, 3.63) is 48.9 Å². The highest BCUT2D eigenvalue weighted by atomic mass is 35.5. The molecule has 0 aliphatic rings. The van der Waals surface area contributed by atoms with Crippen molar-refractivity contribution >= 4 is 22.9 Å². The van der Waals surface area contributed by atoms with Crippen molar-refractivity contribution in [2.24, 2.45) is 0 Å². The van der Waals surface area contributed by atoms with Crippen LogP contribution in [0.25, 0.3) is 5.69 Å². The van der Waals surface area contributed by atoms with E-state index in [1.807, 2.05) is 0 Å². The van der Waals surface area contributed by atoms with E-state index in [4.69, 9.17) is 11.6 Å². The van der Waals surface area contributed by atoms with E-state index in [-0.39, 0.29) is 5.15 Å². The summed E-state index contributed by atoms with van der Waals surface area (Å²) in [6.07, 6.45) is 0. The molecule has 0 aliphatic carbocycles. The molecule has 0 saturated heterocycles. The molecule has 72 valence electrons. The van der Waals surface area contributed by atoms with Crippen LogP contribution in [0.3, 0.4) is 0 Å². The summed E-state index contributed by atoms with van der Waals surface area (Å²) in [7, 11) is 0. The Morgan fingerprint density at radius 3 is 2.79 bits per heavy atom. The van der Waals surface area contributed by atoms with Gasteiger partial charge in [-0.1, -0.05) is 11.6 Å². The van der Waals surface area contributed by atoms with Crippen LogP contribution >= 0.6 is 22.9 Å². The lowest BCUT2D eigenvalue weighted by molar-refractivity contribution is 0.879. The third kappa shape index (κ3) is 1.51. The van der Waals surface area contributed by atoms with E-state index in [1.165, 1.54) is 17.4 Å². The summed E-state index contributed by atoms with van der Waals surface area (Å²) in [5.41, 5.74) is -0.407. The van der Waals surface area contributed by atoms with E-state index in [0.29, 0.717) is 5.69 Å². The Labute approximate surface area is 87.4 Å². The van der Waals surface area contributed by atoms with Crippen molar-refractivity contribution in [1.82, 2.24) is 9.55 Å². The van der Waals surface area contributed by atoms with Crippen LogP contribution in [0.1, 0.15) is 0 Å². The Kier molecular flexibility index (Phi) is 2.26. The van der Waals surface area contributed by atoms with Gasteiger partial charge in [-0.15, -0.1) is 0 Å². The molecule has 0 aromatic carbocycles. The van der Waals surface area contributed by atoms with E-state index in [1.54, 1.807) is 16.8 Å². The van der Waals surface area contributed by atoms with Crippen molar-refractivity contribution in [2.75, 3.05) is 0 Å². The second-order valence-electron chi connectivity index (χ2n) is 2.58. The molecule has 6 heteroatoms. The minimum Gasteiger partial charge on any atom is -0.297 e. The standard InChI is InChI=1S/C8H5ClN2O2S/c9-6-3-7(12)11(8(13)10-6)5-1-2-14-4-5/h1-4H,(H,10,13). The van der Waals surface area contributed by atoms with Gasteiger partial charge in [-0.05, 0) is 11.4 Å². The van der Waals surface area contributed by atoms with Gasteiger partial charge in [0.05, 0.1) is 5.69 Å². The number of halogens is 1. The van der Waals surface area contributed by atoms with Gasteiger partial charge in [-0.25, -0.2) is 9.36 Å². The van der Waals surface area contributed by atoms with E-state index in [0.717, 1.165) is 4.57 Å². The highest BCUT2D eigenvalue weighted by molar-refractivity contribution is 7.08. The summed E-state index contributed by atoms with van der Waals surface area (Å²) in [6.45, 7) is 0. The first-order valence-corrected chi connectivity index (χ1v) is 5.05. The van der Waals surface area contributed by atoms with Crippen molar-refractivity contribution in [1.29, 1.82) is 0 Å². The topological polar surface area (TPSA) is 54.9 Å². The molecule has 0 fully saturated rings. The van der Waals surface area contributed by atoms with Crippen LogP contribution in [0, 0.1) is 0 Å². The molecule has 0 saturated carbocycles. The van der Waals surface area contributed by atoms with Gasteiger partial charge in [0, 0.05) is 11.4 Å². The molecule has 0 bridgehead atoms. The maximum Gasteiger partial charge on any atom is 0.334 e. The normalized spacial score (nSPS) is 10.4. The van der Waals surface area contributed by atoms with Gasteiger partial charge >= 0.3 is 5.69 Å². The zero-order valence-electron chi connectivity index (χ0n) is 6.86. The molecule has 2 aromatic heterocycles. The second kappa shape index (κ2) is 3.43. The van der Waals surface area contributed by atoms with Crippen molar-refractivity contribution in [3.8, 4) is 5.69 Å². The van der Waals surface area contributed by atoms with Gasteiger partial charge in [0.15, 0.2) is 0 Å². The number of thiophene rings is 1. The largest absolute Gasteiger partial charge is 0.334 e. The monoisotopic (exact) mass is 228 g/mol. The Balaban J connectivity index is 2.78. The third-order valence-electron chi connectivity index (χ3n) is 1.66. The molecule has 0 aliphatic heterocycles. The van der Waals surface area contributed by atoms with Crippen molar-refractivity contribution in [3.63, 3.8) is 0 Å². The predicted octanol–water partition coefficient (Wildman–Crippen LogP) is 1.24. The van der Waals surface area contributed by atoms with Crippen molar-refractivity contribution in [2.45, 2.75) is 0 Å². The molecule has 1 N–H and O–H groups in total. The minimum absolute atomic E-state index is 0.0477. The molecule has 0 atom stereocenters. The van der Waals surface area contributed by atoms with Gasteiger partial charge in [0.25, 0.3) is 5.56 Å². The van der Waals surface area contributed by atoms with Crippen LogP contribution in [-0.2, 0) is 0 Å². The average Bonchev–Trinajstić information content (AvgIpc) is 2.54. The molecule has 0 amide bonds. The van der Waals surface area contributed by atoms with Crippen LogP contribution < -0.4 is 11.2 Å². The fourth-order valence-electron chi connectivity index (χ4n) is 1.10. The van der Waals surface area contributed by atoms with Gasteiger partial charge in [0.2, 0.25) is 0 Å². The first kappa shape index (κ1) is 9.23. The Bertz CT molecular complexity index is 524. The van der Waals surface area contributed by atoms with Crippen LogP contribution in [0.4, 0.5) is 0 Å². The molecule has 2 rings (SSSR count). The number of aromatic nitrogens is 2. The summed E-state index contributed by atoms with van der Waals surface area (Å²) in [5.74, 6) is 0. The first-order chi connectivity index (χ1) is 6.68. The highest BCUT2D eigenvalue weighted by Gasteiger charge is 2.05. The molecule has 2 aromatic rings. The summed E-state index contributed by atoms with van der Waals surface area (Å²) in [4.78, 5) is 25.2. The lowest BCUT2D eigenvalue weighted by Gasteiger charge is -1.99. The summed E-state index contributed by atoms with van der Waals surface area (Å²) >= 11 is 6.93. The lowest BCUT2D eigenvalue weighted by Crippen LogP contribution is -2.32. The number of hydrogen-bond donors (Lipinski definition) is 1. The molecule has 14 heavy (non-hydrogen) atoms. The van der Waals surface area contributed by atoms with Crippen molar-refractivity contribution < 1.29 is 0 Å². The predicted molar refractivity (Wildman–Crippen MR) is 55.5 cm³/mol. The fourth-order valence-corrected chi connectivity index (χ4v) is 1.89. The van der Waals surface area contributed by atoms with Crippen LogP contribution in [0.15, 0.2) is 32.5 Å². The van der Waals surface area contributed by atoms with E-state index in [9.17, 15) is 9.59 Å². The van der Waals surface area contributed by atoms with Gasteiger partial charge in [-0.2, -0.15) is 11.3 Å². The molecule has 0 radical (unpaired) electrons. The summed E-state index contributed by atoms with van der Waals surface area (Å²) in [6, 6.07) is 2.86. The molecule has 4 nitrogen and oxygen atoms in total. The quantitative estimate of drug-likeness (QED) is 0.747. The Morgan fingerprint density at radius 1 is 1.43 bits per heavy atom. The molecule has 2 heterocycles. The number of aromatic amines is 1. The fraction of sp³-hybridized carbons (Fsp3) is 0. The Morgan fingerprint density at radius 2 is 2.21 bits per heavy atom. The van der Waals surface area contributed by atoms with Crippen LogP contribution in [-0.4, -0.2) is 9.55 Å². The molecular formula is C8H5ClN2O2S. The van der Waals surface area contributed by atoms with E-state index < -0.39 is 11.2 Å². The zero-order valence-corrected chi connectivity index (χ0v) is 8.43. The first-order valence-electron chi connectivity index (χ1n) is 3.73. The maximum atomic E-state index is 11.4. The SMILES string of the molecule is O=c1cc(Cl)[nH]c(=O)n1-c1ccsc1. The summed E-state index contributed by atoms with van der Waals surface area (Å²) in [5, 5.41) is 3.55. The number of H-pyrrole nitrogens is 1. The van der Waals surface area contributed by atoms with Gasteiger partial charge in [0.1, 0.15) is 5.15 Å². The van der Waals surface area contributed by atoms with Gasteiger partial charge < -0.3 is 0 Å². The van der Waals surface area contributed by atoms with E-state index >= 15 is 0 Å². The smallest absolute Gasteiger partial charge is 0.297 e. The Hall–Kier alpha value is -1.33. The zero-order chi connectivity index (χ0) is 10.1. The number of nitrogens with zero attached hydrogens (tertiary/aromatic N) is 1. The van der Waals surface area contributed by atoms with Crippen LogP contribution in [0.2, 0.25) is 5.15 Å². The maximum absolute atomic E-state index is 11.4. The number of nitrogens with one attached hydrogen (secondary N) is 1. The highest BCUT2D eigenvalue weighted by Crippen LogP contribution is 2.07. The third-order valence-corrected chi connectivity index (χ3v) is 2.54. The van der Waals surface area contributed by atoms with Gasteiger partial charge in [-0.3, -0.25) is 9.78 Å². The molecule has 0 spiro atoms. The van der Waals surface area contributed by atoms with E-state index in [2.05, 4.69) is 4.98 Å². The number of hydrogen-bond acceptors (Lipinski definition) is 3. The average molecular weight is 229 g/mol. The minimum atomic E-state index is -0.527. The lowest BCUT2D eigenvalue weighted by atomic mass is 10.5. The van der Waals surface area contributed by atoms with Crippen LogP contribution in [0.5, 0.6) is 0 Å². The number of rotatable bonds is 1. The molecular weight excluding hydrogens is 224 g/mol.